The lowest BCUT2D eigenvalue weighted by molar-refractivity contribution is 0.0238. The molecule has 1 saturated heterocycles. The molecule has 0 saturated carbocycles. The van der Waals surface area contributed by atoms with Crippen molar-refractivity contribution in [3.05, 3.63) is 41.0 Å². The summed E-state index contributed by atoms with van der Waals surface area (Å²) >= 11 is 0. The van der Waals surface area contributed by atoms with Crippen molar-refractivity contribution < 1.29 is 4.74 Å². The van der Waals surface area contributed by atoms with Crippen molar-refractivity contribution in [3.63, 3.8) is 0 Å². The van der Waals surface area contributed by atoms with Gasteiger partial charge in [0, 0.05) is 13.1 Å². The highest BCUT2D eigenvalue weighted by molar-refractivity contribution is 5.61. The summed E-state index contributed by atoms with van der Waals surface area (Å²) in [5.74, 6) is 0. The predicted molar refractivity (Wildman–Crippen MR) is 70.1 cm³/mol. The van der Waals surface area contributed by atoms with E-state index in [0.29, 0.717) is 6.10 Å². The molecule has 1 aliphatic carbocycles. The fourth-order valence-corrected chi connectivity index (χ4v) is 2.72. The van der Waals surface area contributed by atoms with Crippen LogP contribution in [0.3, 0.4) is 0 Å². The Bertz CT molecular complexity index is 419. The topological polar surface area (TPSA) is 21.3 Å². The van der Waals surface area contributed by atoms with Gasteiger partial charge < -0.3 is 10.1 Å². The summed E-state index contributed by atoms with van der Waals surface area (Å²) in [6.45, 7) is 2.87. The van der Waals surface area contributed by atoms with E-state index in [2.05, 4.69) is 35.7 Å². The molecule has 3 rings (SSSR count). The Hall–Kier alpha value is -1.12. The second kappa shape index (κ2) is 5.03. The standard InChI is InChI=1S/C15H19NO/c1-3-12-5-2-6-15(12)13(4-1)7-8-14-11-16-9-10-17-14/h1-5,14,16H,6-11H2. The van der Waals surface area contributed by atoms with E-state index in [1.54, 1.807) is 0 Å². The minimum Gasteiger partial charge on any atom is -0.376 e. The molecular formula is C15H19NO. The number of benzene rings is 1. The first kappa shape index (κ1) is 11.0. The van der Waals surface area contributed by atoms with Crippen molar-refractivity contribution >= 4 is 6.08 Å². The number of fused-ring (bicyclic) bond motifs is 1. The fourth-order valence-electron chi connectivity index (χ4n) is 2.72. The van der Waals surface area contributed by atoms with E-state index < -0.39 is 0 Å². The summed E-state index contributed by atoms with van der Waals surface area (Å²) in [7, 11) is 0. The van der Waals surface area contributed by atoms with Gasteiger partial charge in [-0.25, -0.2) is 0 Å². The molecule has 0 radical (unpaired) electrons. The molecule has 17 heavy (non-hydrogen) atoms. The van der Waals surface area contributed by atoms with E-state index in [4.69, 9.17) is 4.74 Å². The Morgan fingerprint density at radius 2 is 2.35 bits per heavy atom. The summed E-state index contributed by atoms with van der Waals surface area (Å²) in [5, 5.41) is 3.39. The maximum Gasteiger partial charge on any atom is 0.0703 e. The third-order valence-corrected chi connectivity index (χ3v) is 3.67. The second-order valence-electron chi connectivity index (χ2n) is 4.83. The van der Waals surface area contributed by atoms with Gasteiger partial charge in [0.05, 0.1) is 12.7 Å². The Morgan fingerprint density at radius 1 is 1.35 bits per heavy atom. The largest absolute Gasteiger partial charge is 0.376 e. The number of hydrogen-bond acceptors (Lipinski definition) is 2. The Balaban J connectivity index is 1.64. The third-order valence-electron chi connectivity index (χ3n) is 3.67. The minimum atomic E-state index is 0.397. The third kappa shape index (κ3) is 2.43. The van der Waals surface area contributed by atoms with Crippen LogP contribution in [0.2, 0.25) is 0 Å². The molecule has 2 nitrogen and oxygen atoms in total. The molecule has 1 heterocycles. The zero-order chi connectivity index (χ0) is 11.5. The van der Waals surface area contributed by atoms with Crippen LogP contribution in [0, 0.1) is 0 Å². The molecule has 1 N–H and O–H groups in total. The van der Waals surface area contributed by atoms with Crippen LogP contribution in [-0.2, 0) is 17.6 Å². The molecule has 1 fully saturated rings. The molecule has 0 aromatic heterocycles. The van der Waals surface area contributed by atoms with Crippen molar-refractivity contribution in [1.29, 1.82) is 0 Å². The molecule has 1 aromatic rings. The summed E-state index contributed by atoms with van der Waals surface area (Å²) in [5.41, 5.74) is 4.43. The summed E-state index contributed by atoms with van der Waals surface area (Å²) in [6, 6.07) is 6.65. The SMILES string of the molecule is C1=Cc2cccc(CCC3CNCCO3)c2C1. The van der Waals surface area contributed by atoms with Gasteiger partial charge in [-0.2, -0.15) is 0 Å². The number of hydrogen-bond donors (Lipinski definition) is 1. The number of ether oxygens (including phenoxy) is 1. The second-order valence-corrected chi connectivity index (χ2v) is 4.83. The summed E-state index contributed by atoms with van der Waals surface area (Å²) < 4.78 is 5.74. The van der Waals surface area contributed by atoms with E-state index in [9.17, 15) is 0 Å². The van der Waals surface area contributed by atoms with Gasteiger partial charge >= 0.3 is 0 Å². The normalized spacial score (nSPS) is 22.7. The van der Waals surface area contributed by atoms with Crippen LogP contribution in [-0.4, -0.2) is 25.8 Å². The van der Waals surface area contributed by atoms with Gasteiger partial charge in [-0.05, 0) is 36.0 Å². The minimum absolute atomic E-state index is 0.397. The Morgan fingerprint density at radius 3 is 3.24 bits per heavy atom. The number of allylic oxidation sites excluding steroid dienone is 1. The Kier molecular flexibility index (Phi) is 3.25. The van der Waals surface area contributed by atoms with Crippen LogP contribution in [0.5, 0.6) is 0 Å². The molecule has 0 bridgehead atoms. The average Bonchev–Trinajstić information content (AvgIpc) is 2.86. The van der Waals surface area contributed by atoms with Crippen LogP contribution in [0.25, 0.3) is 6.08 Å². The van der Waals surface area contributed by atoms with Crippen molar-refractivity contribution in [1.82, 2.24) is 5.32 Å². The van der Waals surface area contributed by atoms with E-state index in [1.807, 2.05) is 0 Å². The van der Waals surface area contributed by atoms with E-state index in [0.717, 1.165) is 39.0 Å². The lowest BCUT2D eigenvalue weighted by Crippen LogP contribution is -2.38. The molecule has 1 aliphatic heterocycles. The van der Waals surface area contributed by atoms with Gasteiger partial charge in [-0.15, -0.1) is 0 Å². The van der Waals surface area contributed by atoms with Gasteiger partial charge in [0.15, 0.2) is 0 Å². The highest BCUT2D eigenvalue weighted by Crippen LogP contribution is 2.24. The van der Waals surface area contributed by atoms with E-state index >= 15 is 0 Å². The lowest BCUT2D eigenvalue weighted by Gasteiger charge is -2.23. The first-order valence-electron chi connectivity index (χ1n) is 6.53. The molecule has 2 aliphatic rings. The zero-order valence-corrected chi connectivity index (χ0v) is 10.1. The monoisotopic (exact) mass is 229 g/mol. The van der Waals surface area contributed by atoms with Gasteiger partial charge in [-0.3, -0.25) is 0 Å². The van der Waals surface area contributed by atoms with Gasteiger partial charge in [-0.1, -0.05) is 30.4 Å². The van der Waals surface area contributed by atoms with E-state index in [1.165, 1.54) is 16.7 Å². The number of aryl methyl sites for hydroxylation is 1. The summed E-state index contributed by atoms with van der Waals surface area (Å²) in [6.07, 6.45) is 8.26. The quantitative estimate of drug-likeness (QED) is 0.857. The summed E-state index contributed by atoms with van der Waals surface area (Å²) in [4.78, 5) is 0. The van der Waals surface area contributed by atoms with Gasteiger partial charge in [0.1, 0.15) is 0 Å². The molecule has 1 aromatic carbocycles. The average molecular weight is 229 g/mol. The molecular weight excluding hydrogens is 210 g/mol. The number of nitrogens with one attached hydrogen (secondary N) is 1. The lowest BCUT2D eigenvalue weighted by atomic mass is 9.97. The molecule has 0 amide bonds. The molecule has 0 spiro atoms. The Labute approximate surface area is 103 Å². The van der Waals surface area contributed by atoms with E-state index in [-0.39, 0.29) is 0 Å². The predicted octanol–water partition coefficient (Wildman–Crippen LogP) is 2.18. The van der Waals surface area contributed by atoms with Crippen molar-refractivity contribution in [2.24, 2.45) is 0 Å². The highest BCUT2D eigenvalue weighted by atomic mass is 16.5. The number of rotatable bonds is 3. The van der Waals surface area contributed by atoms with Crippen LogP contribution in [0.1, 0.15) is 23.1 Å². The van der Waals surface area contributed by atoms with Crippen LogP contribution in [0.15, 0.2) is 24.3 Å². The fraction of sp³-hybridized carbons (Fsp3) is 0.467. The molecule has 2 heteroatoms. The maximum atomic E-state index is 5.74. The zero-order valence-electron chi connectivity index (χ0n) is 10.1. The smallest absolute Gasteiger partial charge is 0.0703 e. The first-order chi connectivity index (χ1) is 8.43. The van der Waals surface area contributed by atoms with Crippen LogP contribution >= 0.6 is 0 Å². The van der Waals surface area contributed by atoms with Crippen molar-refractivity contribution in [3.8, 4) is 0 Å². The maximum absolute atomic E-state index is 5.74. The molecule has 1 atom stereocenters. The van der Waals surface area contributed by atoms with Gasteiger partial charge in [0.25, 0.3) is 0 Å². The molecule has 90 valence electrons. The highest BCUT2D eigenvalue weighted by Gasteiger charge is 2.15. The number of morpholine rings is 1. The van der Waals surface area contributed by atoms with Crippen LogP contribution in [0.4, 0.5) is 0 Å². The van der Waals surface area contributed by atoms with Crippen molar-refractivity contribution in [2.45, 2.75) is 25.4 Å². The first-order valence-corrected chi connectivity index (χ1v) is 6.53. The molecule has 1 unspecified atom stereocenters. The van der Waals surface area contributed by atoms with Crippen molar-refractivity contribution in [2.75, 3.05) is 19.7 Å². The van der Waals surface area contributed by atoms with Crippen LogP contribution < -0.4 is 5.32 Å². The van der Waals surface area contributed by atoms with Gasteiger partial charge in [0.2, 0.25) is 0 Å².